The molecular formula is C44H50O13. The molecule has 0 saturated carbocycles. The lowest BCUT2D eigenvalue weighted by atomic mass is 9.84. The Morgan fingerprint density at radius 2 is 0.877 bits per heavy atom. The number of ether oxygens (including phenoxy) is 11. The first-order valence-electron chi connectivity index (χ1n) is 19.1. The van der Waals surface area contributed by atoms with Gasteiger partial charge in [-0.05, 0) is 70.3 Å². The predicted octanol–water partition coefficient (Wildman–Crippen LogP) is 6.28. The van der Waals surface area contributed by atoms with Crippen LogP contribution < -0.4 is 33.2 Å². The molecule has 57 heavy (non-hydrogen) atoms. The molecule has 5 aliphatic rings. The minimum absolute atomic E-state index is 0.00573. The number of fused-ring (bicyclic) bond motifs is 3. The number of hydrogen-bond donors (Lipinski definition) is 2. The van der Waals surface area contributed by atoms with Crippen LogP contribution >= 0.6 is 0 Å². The molecule has 304 valence electrons. The summed E-state index contributed by atoms with van der Waals surface area (Å²) in [6, 6.07) is 21.7. The first-order chi connectivity index (χ1) is 27.9. The minimum Gasteiger partial charge on any atom is -0.496 e. The Morgan fingerprint density at radius 1 is 0.456 bits per heavy atom. The number of rotatable bonds is 11. The highest BCUT2D eigenvalue weighted by Gasteiger charge is 2.49. The van der Waals surface area contributed by atoms with Gasteiger partial charge < -0.3 is 62.3 Å². The van der Waals surface area contributed by atoms with Gasteiger partial charge in [0, 0.05) is 29.2 Å². The van der Waals surface area contributed by atoms with Crippen LogP contribution in [-0.2, 0) is 32.2 Å². The first kappa shape index (κ1) is 39.1. The van der Waals surface area contributed by atoms with E-state index in [0.717, 1.165) is 39.5 Å². The third kappa shape index (κ3) is 7.32. The van der Waals surface area contributed by atoms with Crippen LogP contribution in [0.1, 0.15) is 57.8 Å². The maximum atomic E-state index is 9.75. The van der Waals surface area contributed by atoms with Gasteiger partial charge in [-0.3, -0.25) is 0 Å². The second-order valence-corrected chi connectivity index (χ2v) is 14.7. The zero-order valence-electron chi connectivity index (χ0n) is 32.8. The molecule has 13 nitrogen and oxygen atoms in total. The fourth-order valence-corrected chi connectivity index (χ4v) is 9.01. The van der Waals surface area contributed by atoms with E-state index in [9.17, 15) is 10.2 Å². The van der Waals surface area contributed by atoms with Crippen molar-refractivity contribution in [1.82, 2.24) is 0 Å². The van der Waals surface area contributed by atoms with Crippen LogP contribution in [0.4, 0.5) is 0 Å². The second kappa shape index (κ2) is 17.0. The number of benzene rings is 4. The average Bonchev–Trinajstić information content (AvgIpc) is 4.11. The molecule has 4 saturated heterocycles. The van der Waals surface area contributed by atoms with E-state index >= 15 is 0 Å². The van der Waals surface area contributed by atoms with Gasteiger partial charge in [-0.1, -0.05) is 24.3 Å². The molecule has 9 rings (SSSR count). The zero-order chi connectivity index (χ0) is 39.6. The van der Waals surface area contributed by atoms with Gasteiger partial charge in [-0.15, -0.1) is 0 Å². The van der Waals surface area contributed by atoms with Crippen molar-refractivity contribution in [2.45, 2.75) is 37.6 Å². The summed E-state index contributed by atoms with van der Waals surface area (Å²) in [6.07, 6.45) is -0.244. The molecule has 0 aromatic heterocycles. The largest absolute Gasteiger partial charge is 0.496 e. The quantitative estimate of drug-likeness (QED) is 0.176. The molecule has 2 N–H and O–H groups in total. The Hall–Kier alpha value is -4.76. The van der Waals surface area contributed by atoms with Crippen molar-refractivity contribution in [2.24, 2.45) is 23.7 Å². The molecule has 5 heterocycles. The van der Waals surface area contributed by atoms with Gasteiger partial charge >= 0.3 is 0 Å². The Labute approximate surface area is 332 Å². The second-order valence-electron chi connectivity index (χ2n) is 14.7. The van der Waals surface area contributed by atoms with Crippen LogP contribution in [0.15, 0.2) is 66.7 Å². The van der Waals surface area contributed by atoms with E-state index in [0.29, 0.717) is 72.4 Å². The number of aliphatic hydroxyl groups is 2. The Morgan fingerprint density at radius 3 is 1.33 bits per heavy atom. The lowest BCUT2D eigenvalue weighted by Gasteiger charge is -2.20. The maximum absolute atomic E-state index is 9.75. The van der Waals surface area contributed by atoms with E-state index in [-0.39, 0.29) is 56.3 Å². The fourth-order valence-electron chi connectivity index (χ4n) is 9.01. The van der Waals surface area contributed by atoms with Gasteiger partial charge in [0.25, 0.3) is 0 Å². The van der Waals surface area contributed by atoms with Crippen molar-refractivity contribution in [3.63, 3.8) is 0 Å². The van der Waals surface area contributed by atoms with E-state index in [4.69, 9.17) is 52.1 Å². The van der Waals surface area contributed by atoms with E-state index in [1.807, 2.05) is 60.7 Å². The molecule has 0 spiro atoms. The standard InChI is InChI=1S/C23H28O7.C21H22O6/c1-26-19-5-4-13(7-21(19)28-3)22-17-11-30-23(18(17)12-29-22)14-6-15(9-24)16(10-25)20(8-14)27-2;1-22-16-5-3-12(7-18(16)23-2)20-14-9-25-21(15(14)10-24-20)13-4-6-17-19(8-13)27-11-26-17/h4-8,17-18,22-25H,9-12H2,1-3H3;3-8,14-15,20-21H,9-11H2,1-2H3/t17-,18-,22-,23+;14-,15-,20-,21+/m00/s1. The van der Waals surface area contributed by atoms with Crippen molar-refractivity contribution in [2.75, 3.05) is 68.8 Å². The highest BCUT2D eigenvalue weighted by atomic mass is 16.7. The summed E-state index contributed by atoms with van der Waals surface area (Å²) in [4.78, 5) is 0. The lowest BCUT2D eigenvalue weighted by molar-refractivity contribution is 0.0190. The van der Waals surface area contributed by atoms with Crippen LogP contribution in [0.5, 0.6) is 40.2 Å². The highest BCUT2D eigenvalue weighted by molar-refractivity contribution is 5.48. The van der Waals surface area contributed by atoms with Gasteiger partial charge in [0.05, 0.1) is 99.6 Å². The molecule has 0 unspecified atom stereocenters. The number of methoxy groups -OCH3 is 5. The molecule has 4 aromatic rings. The van der Waals surface area contributed by atoms with Crippen molar-refractivity contribution >= 4 is 0 Å². The number of hydrogen-bond acceptors (Lipinski definition) is 13. The lowest BCUT2D eigenvalue weighted by Crippen LogP contribution is -2.15. The molecule has 8 atom stereocenters. The summed E-state index contributed by atoms with van der Waals surface area (Å²) in [5.74, 6) is 5.93. The topological polar surface area (TPSA) is 142 Å². The summed E-state index contributed by atoms with van der Waals surface area (Å²) in [6.45, 7) is 2.40. The van der Waals surface area contributed by atoms with Crippen LogP contribution in [0.2, 0.25) is 0 Å². The van der Waals surface area contributed by atoms with Gasteiger partial charge in [0.2, 0.25) is 6.79 Å². The van der Waals surface area contributed by atoms with Crippen LogP contribution in [-0.4, -0.2) is 79.0 Å². The molecule has 4 aromatic carbocycles. The average molecular weight is 787 g/mol. The van der Waals surface area contributed by atoms with E-state index in [1.165, 1.54) is 0 Å². The molecule has 5 aliphatic heterocycles. The van der Waals surface area contributed by atoms with Crippen LogP contribution in [0, 0.1) is 23.7 Å². The SMILES string of the molecule is COc1ccc([C@@H]2OC[C@H]3[C@@H]2CO[C@@H]3c2cc(CO)c(CO)c(OC)c2)cc1OC.COc1ccc([C@@H]2OC[C@H]3[C@@H]2CO[C@@H]3c2ccc3c(c2)OCO3)cc1OC. The predicted molar refractivity (Wildman–Crippen MR) is 205 cm³/mol. The summed E-state index contributed by atoms with van der Waals surface area (Å²) < 4.78 is 62.7. The summed E-state index contributed by atoms with van der Waals surface area (Å²) in [5.41, 5.74) is 5.42. The Kier molecular flexibility index (Phi) is 11.7. The van der Waals surface area contributed by atoms with Gasteiger partial charge in [0.1, 0.15) is 5.75 Å². The molecular weight excluding hydrogens is 736 g/mol. The Bertz CT molecular complexity index is 2010. The van der Waals surface area contributed by atoms with Gasteiger partial charge in [0.15, 0.2) is 34.5 Å². The smallest absolute Gasteiger partial charge is 0.231 e. The van der Waals surface area contributed by atoms with E-state index in [1.54, 1.807) is 35.5 Å². The molecule has 0 aliphatic carbocycles. The van der Waals surface area contributed by atoms with Crippen molar-refractivity contribution in [1.29, 1.82) is 0 Å². The van der Waals surface area contributed by atoms with Crippen LogP contribution in [0.25, 0.3) is 0 Å². The van der Waals surface area contributed by atoms with Gasteiger partial charge in [-0.2, -0.15) is 0 Å². The molecule has 0 bridgehead atoms. The normalized spacial score (nSPS) is 26.6. The van der Waals surface area contributed by atoms with Crippen LogP contribution in [0.3, 0.4) is 0 Å². The third-order valence-corrected chi connectivity index (χ3v) is 11.9. The molecule has 4 fully saturated rings. The summed E-state index contributed by atoms with van der Waals surface area (Å²) >= 11 is 0. The highest BCUT2D eigenvalue weighted by Crippen LogP contribution is 2.53. The zero-order valence-corrected chi connectivity index (χ0v) is 32.8. The number of aliphatic hydroxyl groups excluding tert-OH is 2. The minimum atomic E-state index is -0.193. The van der Waals surface area contributed by atoms with Crippen molar-refractivity contribution < 1.29 is 62.3 Å². The Balaban J connectivity index is 0.000000160. The first-order valence-corrected chi connectivity index (χ1v) is 19.1. The maximum Gasteiger partial charge on any atom is 0.231 e. The monoisotopic (exact) mass is 786 g/mol. The molecule has 0 radical (unpaired) electrons. The van der Waals surface area contributed by atoms with E-state index in [2.05, 4.69) is 6.07 Å². The third-order valence-electron chi connectivity index (χ3n) is 11.9. The van der Waals surface area contributed by atoms with E-state index < -0.39 is 0 Å². The van der Waals surface area contributed by atoms with Crippen molar-refractivity contribution in [3.05, 3.63) is 100 Å². The summed E-state index contributed by atoms with van der Waals surface area (Å²) in [5, 5.41) is 19.4. The van der Waals surface area contributed by atoms with Gasteiger partial charge in [-0.25, -0.2) is 0 Å². The van der Waals surface area contributed by atoms with Crippen molar-refractivity contribution in [3.8, 4) is 40.2 Å². The fraction of sp³-hybridized carbons (Fsp3) is 0.455. The molecule has 0 amide bonds. The summed E-state index contributed by atoms with van der Waals surface area (Å²) in [7, 11) is 8.08. The molecule has 13 heteroatoms.